The van der Waals surface area contributed by atoms with E-state index in [4.69, 9.17) is 0 Å². The van der Waals surface area contributed by atoms with E-state index in [9.17, 15) is 13.2 Å². The van der Waals surface area contributed by atoms with Crippen LogP contribution in [-0.2, 0) is 34.3 Å². The molecule has 4 aromatic carbocycles. The Morgan fingerprint density at radius 3 is 2.27 bits per heavy atom. The van der Waals surface area contributed by atoms with E-state index < -0.39 is 16.1 Å². The molecule has 5 nitrogen and oxygen atoms in total. The third kappa shape index (κ3) is 4.27. The van der Waals surface area contributed by atoms with Crippen molar-refractivity contribution in [3.8, 4) is 0 Å². The van der Waals surface area contributed by atoms with E-state index in [1.54, 1.807) is 12.1 Å². The van der Waals surface area contributed by atoms with Crippen molar-refractivity contribution in [1.29, 1.82) is 0 Å². The minimum absolute atomic E-state index is 0.161. The van der Waals surface area contributed by atoms with Gasteiger partial charge in [0.2, 0.25) is 15.9 Å². The summed E-state index contributed by atoms with van der Waals surface area (Å²) in [6.45, 7) is 0.510. The summed E-state index contributed by atoms with van der Waals surface area (Å²) in [6, 6.07) is 29.3. The predicted molar refractivity (Wildman–Crippen MR) is 129 cm³/mol. The number of amides is 1. The summed E-state index contributed by atoms with van der Waals surface area (Å²) in [5, 5.41) is 4.76. The Labute approximate surface area is 193 Å². The molecular weight excluding hydrogens is 432 g/mol. The van der Waals surface area contributed by atoms with Crippen LogP contribution in [0, 0.1) is 0 Å². The van der Waals surface area contributed by atoms with E-state index >= 15 is 0 Å². The molecule has 0 fully saturated rings. The number of carbonyl (C=O) groups excluding carboxylic acids is 1. The lowest BCUT2D eigenvalue weighted by atomic mass is 9.95. The molecule has 1 aliphatic rings. The number of nitrogens with zero attached hydrogens (tertiary/aromatic N) is 1. The normalized spacial score (nSPS) is 16.3. The van der Waals surface area contributed by atoms with Crippen molar-refractivity contribution in [2.45, 2.75) is 30.4 Å². The monoisotopic (exact) mass is 456 g/mol. The lowest BCUT2D eigenvalue weighted by Gasteiger charge is -2.35. The van der Waals surface area contributed by atoms with Gasteiger partial charge in [-0.2, -0.15) is 4.31 Å². The zero-order chi connectivity index (χ0) is 22.8. The standard InChI is InChI=1S/C27H24N2O3S/c30-27(28-18-20-8-2-1-3-9-20)26-17-23-12-6-7-13-24(23)19-29(26)33(31,32)25-15-14-21-10-4-5-11-22(21)16-25/h1-16,26H,17-19H2,(H,28,30). The van der Waals surface area contributed by atoms with E-state index in [-0.39, 0.29) is 17.3 Å². The van der Waals surface area contributed by atoms with Crippen molar-refractivity contribution >= 4 is 26.7 Å². The van der Waals surface area contributed by atoms with Crippen molar-refractivity contribution in [3.63, 3.8) is 0 Å². The second-order valence-electron chi connectivity index (χ2n) is 8.25. The highest BCUT2D eigenvalue weighted by Gasteiger charge is 2.39. The van der Waals surface area contributed by atoms with Gasteiger partial charge in [-0.05, 0) is 46.0 Å². The zero-order valence-electron chi connectivity index (χ0n) is 18.0. The van der Waals surface area contributed by atoms with Gasteiger partial charge in [0.05, 0.1) is 4.90 Å². The smallest absolute Gasteiger partial charge is 0.244 e. The Hall–Kier alpha value is -3.48. The number of carbonyl (C=O) groups is 1. The number of rotatable bonds is 5. The topological polar surface area (TPSA) is 66.5 Å². The fourth-order valence-electron chi connectivity index (χ4n) is 4.34. The quantitative estimate of drug-likeness (QED) is 0.488. The highest BCUT2D eigenvalue weighted by molar-refractivity contribution is 7.89. The summed E-state index contributed by atoms with van der Waals surface area (Å²) in [5.41, 5.74) is 2.89. The lowest BCUT2D eigenvalue weighted by molar-refractivity contribution is -0.125. The van der Waals surface area contributed by atoms with Gasteiger partial charge in [0, 0.05) is 13.1 Å². The van der Waals surface area contributed by atoms with Crippen LogP contribution in [0.2, 0.25) is 0 Å². The Bertz CT molecular complexity index is 1420. The number of benzene rings is 4. The SMILES string of the molecule is O=C(NCc1ccccc1)C1Cc2ccccc2CN1S(=O)(=O)c1ccc2ccccc2c1. The minimum Gasteiger partial charge on any atom is -0.351 e. The first-order chi connectivity index (χ1) is 16.0. The van der Waals surface area contributed by atoms with Gasteiger partial charge in [0.25, 0.3) is 0 Å². The van der Waals surface area contributed by atoms with Gasteiger partial charge in [0.15, 0.2) is 0 Å². The minimum atomic E-state index is -3.90. The average Bonchev–Trinajstić information content (AvgIpc) is 2.86. The van der Waals surface area contributed by atoms with E-state index in [1.165, 1.54) is 4.31 Å². The molecule has 0 bridgehead atoms. The van der Waals surface area contributed by atoms with Gasteiger partial charge in [0.1, 0.15) is 6.04 Å². The molecule has 4 aromatic rings. The zero-order valence-corrected chi connectivity index (χ0v) is 18.8. The lowest BCUT2D eigenvalue weighted by Crippen LogP contribution is -2.52. The molecule has 0 saturated heterocycles. The van der Waals surface area contributed by atoms with Crippen LogP contribution in [0.3, 0.4) is 0 Å². The molecule has 0 aliphatic carbocycles. The van der Waals surface area contributed by atoms with Crippen LogP contribution in [0.1, 0.15) is 16.7 Å². The summed E-state index contributed by atoms with van der Waals surface area (Å²) < 4.78 is 28.9. The molecule has 0 aromatic heterocycles. The van der Waals surface area contributed by atoms with Crippen molar-refractivity contribution < 1.29 is 13.2 Å². The van der Waals surface area contributed by atoms with Crippen LogP contribution < -0.4 is 5.32 Å². The molecule has 1 N–H and O–H groups in total. The fourth-order valence-corrected chi connectivity index (χ4v) is 5.94. The average molecular weight is 457 g/mol. The maximum atomic E-state index is 13.8. The first-order valence-electron chi connectivity index (χ1n) is 10.9. The molecule has 166 valence electrons. The van der Waals surface area contributed by atoms with Crippen molar-refractivity contribution in [1.82, 2.24) is 9.62 Å². The molecule has 1 aliphatic heterocycles. The molecule has 0 radical (unpaired) electrons. The number of fused-ring (bicyclic) bond motifs is 2. The van der Waals surface area contributed by atoms with E-state index in [0.29, 0.717) is 13.0 Å². The molecule has 1 unspecified atom stereocenters. The molecule has 0 saturated carbocycles. The van der Waals surface area contributed by atoms with Crippen LogP contribution in [0.25, 0.3) is 10.8 Å². The maximum absolute atomic E-state index is 13.8. The van der Waals surface area contributed by atoms with Gasteiger partial charge in [-0.3, -0.25) is 4.79 Å². The maximum Gasteiger partial charge on any atom is 0.244 e. The summed E-state index contributed by atoms with van der Waals surface area (Å²) in [7, 11) is -3.90. The van der Waals surface area contributed by atoms with Gasteiger partial charge in [-0.25, -0.2) is 8.42 Å². The van der Waals surface area contributed by atoms with Gasteiger partial charge >= 0.3 is 0 Å². The summed E-state index contributed by atoms with van der Waals surface area (Å²) in [6.07, 6.45) is 0.337. The second-order valence-corrected chi connectivity index (χ2v) is 10.1. The van der Waals surface area contributed by atoms with Crippen LogP contribution in [0.5, 0.6) is 0 Å². The molecule has 1 amide bonds. The second kappa shape index (κ2) is 8.81. The molecule has 5 rings (SSSR count). The van der Waals surface area contributed by atoms with Crippen LogP contribution in [0.4, 0.5) is 0 Å². The predicted octanol–water partition coefficient (Wildman–Crippen LogP) is 4.27. The van der Waals surface area contributed by atoms with Crippen molar-refractivity contribution in [3.05, 3.63) is 114 Å². The Morgan fingerprint density at radius 1 is 0.818 bits per heavy atom. The number of hydrogen-bond acceptors (Lipinski definition) is 3. The summed E-state index contributed by atoms with van der Waals surface area (Å²) >= 11 is 0. The third-order valence-electron chi connectivity index (χ3n) is 6.15. The number of sulfonamides is 1. The molecule has 1 heterocycles. The van der Waals surface area contributed by atoms with Crippen LogP contribution in [0.15, 0.2) is 102 Å². The molecule has 33 heavy (non-hydrogen) atoms. The Morgan fingerprint density at radius 2 is 1.48 bits per heavy atom. The largest absolute Gasteiger partial charge is 0.351 e. The Kier molecular flexibility index (Phi) is 5.70. The summed E-state index contributed by atoms with van der Waals surface area (Å²) in [5.74, 6) is -0.294. The van der Waals surface area contributed by atoms with Crippen LogP contribution >= 0.6 is 0 Å². The first kappa shape index (κ1) is 21.4. The summed E-state index contributed by atoms with van der Waals surface area (Å²) in [4.78, 5) is 13.5. The van der Waals surface area contributed by atoms with E-state index in [1.807, 2.05) is 84.9 Å². The van der Waals surface area contributed by atoms with Gasteiger partial charge in [-0.1, -0.05) is 84.9 Å². The Balaban J connectivity index is 1.49. The van der Waals surface area contributed by atoms with Crippen molar-refractivity contribution in [2.75, 3.05) is 0 Å². The van der Waals surface area contributed by atoms with E-state index in [2.05, 4.69) is 5.32 Å². The van der Waals surface area contributed by atoms with Crippen molar-refractivity contribution in [2.24, 2.45) is 0 Å². The highest BCUT2D eigenvalue weighted by Crippen LogP contribution is 2.30. The van der Waals surface area contributed by atoms with Gasteiger partial charge in [-0.15, -0.1) is 0 Å². The fraction of sp³-hybridized carbons (Fsp3) is 0.148. The van der Waals surface area contributed by atoms with Gasteiger partial charge < -0.3 is 5.32 Å². The number of hydrogen-bond donors (Lipinski definition) is 1. The molecule has 1 atom stereocenters. The highest BCUT2D eigenvalue weighted by atomic mass is 32.2. The first-order valence-corrected chi connectivity index (χ1v) is 12.4. The molecule has 6 heteroatoms. The van der Waals surface area contributed by atoms with E-state index in [0.717, 1.165) is 27.5 Å². The number of nitrogens with one attached hydrogen (secondary N) is 1. The molecule has 0 spiro atoms. The molecular formula is C27H24N2O3S. The van der Waals surface area contributed by atoms with Crippen LogP contribution in [-0.4, -0.2) is 24.7 Å². The third-order valence-corrected chi connectivity index (χ3v) is 8.00.